The fourth-order valence-electron chi connectivity index (χ4n) is 1.44. The molecule has 18 heavy (non-hydrogen) atoms. The zero-order chi connectivity index (χ0) is 13.5. The van der Waals surface area contributed by atoms with E-state index in [2.05, 4.69) is 19.0 Å². The lowest BCUT2D eigenvalue weighted by molar-refractivity contribution is 0.108. The normalized spacial score (nSPS) is 12.1. The molecule has 0 saturated heterocycles. The van der Waals surface area contributed by atoms with Gasteiger partial charge in [-0.3, -0.25) is 0 Å². The molecule has 5 heteroatoms. The molecule has 0 aliphatic rings. The van der Waals surface area contributed by atoms with Crippen molar-refractivity contribution in [3.63, 3.8) is 0 Å². The highest BCUT2D eigenvalue weighted by Crippen LogP contribution is 2.14. The molecule has 0 heterocycles. The average Bonchev–Trinajstić information content (AvgIpc) is 2.35. The lowest BCUT2D eigenvalue weighted by atomic mass is 10.1. The Morgan fingerprint density at radius 1 is 1.50 bits per heavy atom. The smallest absolute Gasteiger partial charge is 0.173 e. The second kappa shape index (κ2) is 6.96. The van der Waals surface area contributed by atoms with E-state index in [1.54, 1.807) is 12.1 Å². The highest BCUT2D eigenvalue weighted by Gasteiger charge is 2.11. The quantitative estimate of drug-likeness (QED) is 0.269. The molecule has 0 aliphatic carbocycles. The fourth-order valence-corrected chi connectivity index (χ4v) is 1.44. The SMILES string of the molecule is CC(C)CCOCc1cccc(/C(N)=N/O)c1F. The predicted octanol–water partition coefficient (Wildman–Crippen LogP) is 2.48. The molecule has 0 bridgehead atoms. The predicted molar refractivity (Wildman–Crippen MR) is 68.0 cm³/mol. The molecular formula is C13H19FN2O2. The number of hydrogen-bond donors (Lipinski definition) is 2. The Morgan fingerprint density at radius 2 is 2.22 bits per heavy atom. The minimum Gasteiger partial charge on any atom is -0.409 e. The van der Waals surface area contributed by atoms with E-state index in [9.17, 15) is 4.39 Å². The number of nitrogens with two attached hydrogens (primary N) is 1. The van der Waals surface area contributed by atoms with Gasteiger partial charge in [0.25, 0.3) is 0 Å². The minimum atomic E-state index is -0.502. The van der Waals surface area contributed by atoms with Crippen molar-refractivity contribution in [2.75, 3.05) is 6.61 Å². The molecule has 3 N–H and O–H groups in total. The third kappa shape index (κ3) is 4.00. The molecule has 0 unspecified atom stereocenters. The van der Waals surface area contributed by atoms with Crippen molar-refractivity contribution in [3.05, 3.63) is 35.1 Å². The maximum atomic E-state index is 13.9. The van der Waals surface area contributed by atoms with Gasteiger partial charge in [0, 0.05) is 12.2 Å². The Labute approximate surface area is 106 Å². The fraction of sp³-hybridized carbons (Fsp3) is 0.462. The van der Waals surface area contributed by atoms with E-state index in [1.165, 1.54) is 6.07 Å². The number of benzene rings is 1. The standard InChI is InChI=1S/C13H19FN2O2/c1-9(2)6-7-18-8-10-4-3-5-11(12(10)14)13(15)16-17/h3-5,9,17H,6-8H2,1-2H3,(H2,15,16). The van der Waals surface area contributed by atoms with E-state index >= 15 is 0 Å². The number of nitrogens with zero attached hydrogens (tertiary/aromatic N) is 1. The summed E-state index contributed by atoms with van der Waals surface area (Å²) in [4.78, 5) is 0. The zero-order valence-corrected chi connectivity index (χ0v) is 10.7. The average molecular weight is 254 g/mol. The van der Waals surface area contributed by atoms with Gasteiger partial charge < -0.3 is 15.7 Å². The zero-order valence-electron chi connectivity index (χ0n) is 10.7. The van der Waals surface area contributed by atoms with Crippen LogP contribution in [0, 0.1) is 11.7 Å². The summed E-state index contributed by atoms with van der Waals surface area (Å²) in [6.07, 6.45) is 0.932. The summed E-state index contributed by atoms with van der Waals surface area (Å²) >= 11 is 0. The van der Waals surface area contributed by atoms with Crippen molar-refractivity contribution in [2.45, 2.75) is 26.9 Å². The summed E-state index contributed by atoms with van der Waals surface area (Å²) in [7, 11) is 0. The first kappa shape index (κ1) is 14.4. The van der Waals surface area contributed by atoms with Crippen LogP contribution in [-0.2, 0) is 11.3 Å². The van der Waals surface area contributed by atoms with Crippen LogP contribution in [0.2, 0.25) is 0 Å². The van der Waals surface area contributed by atoms with Gasteiger partial charge in [0.05, 0.1) is 12.2 Å². The van der Waals surface area contributed by atoms with Crippen LogP contribution in [0.15, 0.2) is 23.4 Å². The molecule has 0 aliphatic heterocycles. The van der Waals surface area contributed by atoms with Crippen LogP contribution < -0.4 is 5.73 Å². The van der Waals surface area contributed by atoms with Crippen LogP contribution in [0.3, 0.4) is 0 Å². The Balaban J connectivity index is 2.67. The molecule has 0 saturated carbocycles. The van der Waals surface area contributed by atoms with Gasteiger partial charge in [-0.1, -0.05) is 31.1 Å². The van der Waals surface area contributed by atoms with Crippen molar-refractivity contribution >= 4 is 5.84 Å². The van der Waals surface area contributed by atoms with Gasteiger partial charge >= 0.3 is 0 Å². The van der Waals surface area contributed by atoms with E-state index < -0.39 is 5.82 Å². The Bertz CT molecular complexity index is 419. The highest BCUT2D eigenvalue weighted by atomic mass is 19.1. The second-order valence-corrected chi connectivity index (χ2v) is 4.50. The van der Waals surface area contributed by atoms with E-state index in [4.69, 9.17) is 15.7 Å². The monoisotopic (exact) mass is 254 g/mol. The van der Waals surface area contributed by atoms with E-state index in [-0.39, 0.29) is 18.0 Å². The summed E-state index contributed by atoms with van der Waals surface area (Å²) in [5, 5.41) is 11.3. The summed E-state index contributed by atoms with van der Waals surface area (Å²) < 4.78 is 19.3. The topological polar surface area (TPSA) is 67.8 Å². The van der Waals surface area contributed by atoms with Gasteiger partial charge in [-0.05, 0) is 18.4 Å². The minimum absolute atomic E-state index is 0.0856. The van der Waals surface area contributed by atoms with Crippen molar-refractivity contribution in [2.24, 2.45) is 16.8 Å². The van der Waals surface area contributed by atoms with Crippen LogP contribution in [0.5, 0.6) is 0 Å². The van der Waals surface area contributed by atoms with Gasteiger partial charge in [-0.25, -0.2) is 4.39 Å². The molecule has 0 spiro atoms. The molecule has 1 aromatic carbocycles. The first-order valence-electron chi connectivity index (χ1n) is 5.89. The molecule has 0 fully saturated rings. The molecular weight excluding hydrogens is 235 g/mol. The molecule has 1 aromatic rings. The first-order valence-corrected chi connectivity index (χ1v) is 5.89. The molecule has 0 atom stereocenters. The number of rotatable bonds is 6. The molecule has 4 nitrogen and oxygen atoms in total. The Hall–Kier alpha value is -1.62. The van der Waals surface area contributed by atoms with Gasteiger partial charge in [0.2, 0.25) is 0 Å². The number of ether oxygens (including phenoxy) is 1. The highest BCUT2D eigenvalue weighted by molar-refractivity contribution is 5.97. The van der Waals surface area contributed by atoms with Crippen LogP contribution >= 0.6 is 0 Å². The van der Waals surface area contributed by atoms with Gasteiger partial charge in [-0.2, -0.15) is 0 Å². The van der Waals surface area contributed by atoms with E-state index in [0.717, 1.165) is 6.42 Å². The molecule has 1 rings (SSSR count). The maximum absolute atomic E-state index is 13.9. The van der Waals surface area contributed by atoms with Crippen LogP contribution in [0.25, 0.3) is 0 Å². The van der Waals surface area contributed by atoms with Gasteiger partial charge in [0.15, 0.2) is 5.84 Å². The Kier molecular flexibility index (Phi) is 5.58. The van der Waals surface area contributed by atoms with Gasteiger partial charge in [0.1, 0.15) is 5.82 Å². The van der Waals surface area contributed by atoms with E-state index in [1.807, 2.05) is 0 Å². The number of oxime groups is 1. The molecule has 0 amide bonds. The van der Waals surface area contributed by atoms with Crippen molar-refractivity contribution in [3.8, 4) is 0 Å². The third-order valence-corrected chi connectivity index (χ3v) is 2.56. The first-order chi connectivity index (χ1) is 8.56. The van der Waals surface area contributed by atoms with Crippen molar-refractivity contribution < 1.29 is 14.3 Å². The number of halogens is 1. The van der Waals surface area contributed by atoms with Crippen LogP contribution in [0.1, 0.15) is 31.4 Å². The Morgan fingerprint density at radius 3 is 2.83 bits per heavy atom. The van der Waals surface area contributed by atoms with E-state index in [0.29, 0.717) is 18.1 Å². The molecule has 0 radical (unpaired) electrons. The van der Waals surface area contributed by atoms with Crippen molar-refractivity contribution in [1.29, 1.82) is 0 Å². The molecule has 0 aromatic heterocycles. The molecule has 100 valence electrons. The van der Waals surface area contributed by atoms with Crippen molar-refractivity contribution in [1.82, 2.24) is 0 Å². The lowest BCUT2D eigenvalue weighted by Crippen LogP contribution is -2.16. The largest absolute Gasteiger partial charge is 0.409 e. The summed E-state index contributed by atoms with van der Waals surface area (Å²) in [6.45, 7) is 4.97. The van der Waals surface area contributed by atoms with Gasteiger partial charge in [-0.15, -0.1) is 0 Å². The number of hydrogen-bond acceptors (Lipinski definition) is 3. The maximum Gasteiger partial charge on any atom is 0.173 e. The second-order valence-electron chi connectivity index (χ2n) is 4.50. The van der Waals surface area contributed by atoms with Crippen LogP contribution in [0.4, 0.5) is 4.39 Å². The lowest BCUT2D eigenvalue weighted by Gasteiger charge is -2.09. The summed E-state index contributed by atoms with van der Waals surface area (Å²) in [5.74, 6) is -0.188. The van der Waals surface area contributed by atoms with Crippen LogP contribution in [-0.4, -0.2) is 17.6 Å². The number of amidine groups is 1. The summed E-state index contributed by atoms with van der Waals surface area (Å²) in [6, 6.07) is 4.73. The third-order valence-electron chi connectivity index (χ3n) is 2.56. The summed E-state index contributed by atoms with van der Waals surface area (Å²) in [5.41, 5.74) is 5.87.